The standard InChI is InChI=1S/C12H22N2O2/c1-2-3-4-6-9-15-10-7-5-8-12-14-13-11-16-12/h11H,2-10H2,1H3. The third-order valence-corrected chi connectivity index (χ3v) is 2.48. The van der Waals surface area contributed by atoms with E-state index in [1.54, 1.807) is 0 Å². The van der Waals surface area contributed by atoms with E-state index < -0.39 is 0 Å². The topological polar surface area (TPSA) is 48.2 Å². The van der Waals surface area contributed by atoms with Crippen LogP contribution >= 0.6 is 0 Å². The second-order valence-electron chi connectivity index (χ2n) is 3.96. The number of aromatic nitrogens is 2. The molecule has 0 bridgehead atoms. The van der Waals surface area contributed by atoms with Gasteiger partial charge in [0.15, 0.2) is 0 Å². The smallest absolute Gasteiger partial charge is 0.216 e. The van der Waals surface area contributed by atoms with E-state index in [9.17, 15) is 0 Å². The molecule has 4 nitrogen and oxygen atoms in total. The normalized spacial score (nSPS) is 10.8. The van der Waals surface area contributed by atoms with Gasteiger partial charge in [-0.3, -0.25) is 0 Å². The lowest BCUT2D eigenvalue weighted by Crippen LogP contribution is -1.98. The first kappa shape index (κ1) is 13.2. The predicted octanol–water partition coefficient (Wildman–Crippen LogP) is 2.99. The van der Waals surface area contributed by atoms with Crippen LogP contribution in [0.1, 0.15) is 51.3 Å². The zero-order valence-corrected chi connectivity index (χ0v) is 10.2. The highest BCUT2D eigenvalue weighted by Gasteiger charge is 1.98. The molecule has 0 fully saturated rings. The second kappa shape index (κ2) is 9.33. The van der Waals surface area contributed by atoms with Crippen molar-refractivity contribution in [2.45, 2.75) is 51.9 Å². The van der Waals surface area contributed by atoms with Crippen LogP contribution in [0.25, 0.3) is 0 Å². The van der Waals surface area contributed by atoms with Gasteiger partial charge in [0.25, 0.3) is 0 Å². The van der Waals surface area contributed by atoms with Gasteiger partial charge in [-0.25, -0.2) is 0 Å². The zero-order chi connectivity index (χ0) is 11.5. The number of unbranched alkanes of at least 4 members (excludes halogenated alkanes) is 4. The highest BCUT2D eigenvalue weighted by atomic mass is 16.5. The van der Waals surface area contributed by atoms with Gasteiger partial charge in [-0.15, -0.1) is 10.2 Å². The van der Waals surface area contributed by atoms with Gasteiger partial charge in [0.05, 0.1) is 0 Å². The molecule has 0 atom stereocenters. The van der Waals surface area contributed by atoms with Gasteiger partial charge >= 0.3 is 0 Å². The summed E-state index contributed by atoms with van der Waals surface area (Å²) in [4.78, 5) is 0. The lowest BCUT2D eigenvalue weighted by atomic mass is 10.2. The van der Waals surface area contributed by atoms with Crippen molar-refractivity contribution < 1.29 is 9.15 Å². The summed E-state index contributed by atoms with van der Waals surface area (Å²) in [6, 6.07) is 0. The summed E-state index contributed by atoms with van der Waals surface area (Å²) in [7, 11) is 0. The minimum absolute atomic E-state index is 0.725. The summed E-state index contributed by atoms with van der Waals surface area (Å²) < 4.78 is 10.6. The number of hydrogen-bond donors (Lipinski definition) is 0. The molecule has 1 aromatic rings. The summed E-state index contributed by atoms with van der Waals surface area (Å²) in [5.41, 5.74) is 0. The van der Waals surface area contributed by atoms with Crippen molar-refractivity contribution in [3.05, 3.63) is 12.3 Å². The summed E-state index contributed by atoms with van der Waals surface area (Å²) in [6.45, 7) is 3.97. The molecular formula is C12H22N2O2. The molecular weight excluding hydrogens is 204 g/mol. The van der Waals surface area contributed by atoms with Crippen LogP contribution in [0.2, 0.25) is 0 Å². The molecule has 0 saturated heterocycles. The summed E-state index contributed by atoms with van der Waals surface area (Å²) in [5.74, 6) is 0.725. The molecule has 16 heavy (non-hydrogen) atoms. The number of ether oxygens (including phenoxy) is 1. The highest BCUT2D eigenvalue weighted by Crippen LogP contribution is 2.02. The van der Waals surface area contributed by atoms with E-state index in [1.165, 1.54) is 32.1 Å². The van der Waals surface area contributed by atoms with Crippen LogP contribution in [-0.4, -0.2) is 23.4 Å². The molecule has 4 heteroatoms. The molecule has 92 valence electrons. The fraction of sp³-hybridized carbons (Fsp3) is 0.833. The first-order valence-corrected chi connectivity index (χ1v) is 6.26. The van der Waals surface area contributed by atoms with E-state index in [0.717, 1.165) is 38.4 Å². The van der Waals surface area contributed by atoms with Crippen molar-refractivity contribution in [3.63, 3.8) is 0 Å². The molecule has 0 amide bonds. The van der Waals surface area contributed by atoms with Crippen LogP contribution in [0.5, 0.6) is 0 Å². The average Bonchev–Trinajstić information content (AvgIpc) is 2.80. The van der Waals surface area contributed by atoms with Gasteiger partial charge in [-0.2, -0.15) is 0 Å². The number of nitrogens with zero attached hydrogens (tertiary/aromatic N) is 2. The SMILES string of the molecule is CCCCCCOCCCCc1nnco1. The molecule has 0 unspecified atom stereocenters. The number of hydrogen-bond acceptors (Lipinski definition) is 4. The molecule has 0 spiro atoms. The van der Waals surface area contributed by atoms with Gasteiger partial charge < -0.3 is 9.15 Å². The Morgan fingerprint density at radius 1 is 1.12 bits per heavy atom. The minimum atomic E-state index is 0.725. The fourth-order valence-electron chi connectivity index (χ4n) is 1.52. The Morgan fingerprint density at radius 2 is 1.94 bits per heavy atom. The summed E-state index contributed by atoms with van der Waals surface area (Å²) >= 11 is 0. The summed E-state index contributed by atoms with van der Waals surface area (Å²) in [5, 5.41) is 7.46. The number of aryl methyl sites for hydroxylation is 1. The first-order valence-electron chi connectivity index (χ1n) is 6.26. The van der Waals surface area contributed by atoms with Crippen molar-refractivity contribution in [3.8, 4) is 0 Å². The molecule has 1 rings (SSSR count). The van der Waals surface area contributed by atoms with E-state index in [-0.39, 0.29) is 0 Å². The molecule has 0 N–H and O–H groups in total. The van der Waals surface area contributed by atoms with Gasteiger partial charge in [0, 0.05) is 19.6 Å². The maximum atomic E-state index is 5.53. The second-order valence-corrected chi connectivity index (χ2v) is 3.96. The van der Waals surface area contributed by atoms with Crippen LogP contribution in [0.15, 0.2) is 10.8 Å². The quantitative estimate of drug-likeness (QED) is 0.575. The third-order valence-electron chi connectivity index (χ3n) is 2.48. The van der Waals surface area contributed by atoms with Gasteiger partial charge in [-0.05, 0) is 19.3 Å². The van der Waals surface area contributed by atoms with Gasteiger partial charge in [-0.1, -0.05) is 26.2 Å². The zero-order valence-electron chi connectivity index (χ0n) is 10.2. The average molecular weight is 226 g/mol. The van der Waals surface area contributed by atoms with Crippen molar-refractivity contribution in [2.75, 3.05) is 13.2 Å². The molecule has 0 aliphatic rings. The van der Waals surface area contributed by atoms with Crippen LogP contribution in [-0.2, 0) is 11.2 Å². The van der Waals surface area contributed by atoms with E-state index in [2.05, 4.69) is 17.1 Å². The van der Waals surface area contributed by atoms with E-state index in [0.29, 0.717) is 0 Å². The molecule has 0 aliphatic heterocycles. The number of rotatable bonds is 10. The monoisotopic (exact) mass is 226 g/mol. The van der Waals surface area contributed by atoms with Crippen molar-refractivity contribution in [1.82, 2.24) is 10.2 Å². The molecule has 0 radical (unpaired) electrons. The lowest BCUT2D eigenvalue weighted by molar-refractivity contribution is 0.126. The largest absolute Gasteiger partial charge is 0.428 e. The molecule has 1 heterocycles. The van der Waals surface area contributed by atoms with E-state index in [1.807, 2.05) is 0 Å². The Morgan fingerprint density at radius 3 is 2.62 bits per heavy atom. The van der Waals surface area contributed by atoms with Crippen LogP contribution in [0.3, 0.4) is 0 Å². The Hall–Kier alpha value is -0.900. The molecule has 0 aliphatic carbocycles. The van der Waals surface area contributed by atoms with Crippen LogP contribution in [0.4, 0.5) is 0 Å². The molecule has 0 aromatic carbocycles. The Labute approximate surface area is 97.4 Å². The van der Waals surface area contributed by atoms with Crippen molar-refractivity contribution >= 4 is 0 Å². The van der Waals surface area contributed by atoms with Crippen LogP contribution < -0.4 is 0 Å². The van der Waals surface area contributed by atoms with Crippen molar-refractivity contribution in [1.29, 1.82) is 0 Å². The predicted molar refractivity (Wildman–Crippen MR) is 62.2 cm³/mol. The van der Waals surface area contributed by atoms with Crippen molar-refractivity contribution in [2.24, 2.45) is 0 Å². The molecule has 1 aromatic heterocycles. The minimum Gasteiger partial charge on any atom is -0.428 e. The van der Waals surface area contributed by atoms with E-state index >= 15 is 0 Å². The van der Waals surface area contributed by atoms with Crippen LogP contribution in [0, 0.1) is 0 Å². The highest BCUT2D eigenvalue weighted by molar-refractivity contribution is 4.71. The summed E-state index contributed by atoms with van der Waals surface area (Å²) in [6.07, 6.45) is 9.44. The first-order chi connectivity index (χ1) is 7.93. The maximum Gasteiger partial charge on any atom is 0.216 e. The maximum absolute atomic E-state index is 5.53. The Bertz CT molecular complexity index is 237. The Balaban J connectivity index is 1.78. The lowest BCUT2D eigenvalue weighted by Gasteiger charge is -2.02. The van der Waals surface area contributed by atoms with Gasteiger partial charge in [0.1, 0.15) is 0 Å². The third kappa shape index (κ3) is 6.56. The fourth-order valence-corrected chi connectivity index (χ4v) is 1.52. The van der Waals surface area contributed by atoms with Gasteiger partial charge in [0.2, 0.25) is 12.3 Å². The molecule has 0 saturated carbocycles. The van der Waals surface area contributed by atoms with E-state index in [4.69, 9.17) is 9.15 Å². The Kier molecular flexibility index (Phi) is 7.68.